The quantitative estimate of drug-likeness (QED) is 0.162. The van der Waals surface area contributed by atoms with Crippen LogP contribution in [0.2, 0.25) is 0 Å². The number of aromatic nitrogens is 1. The fourth-order valence-corrected chi connectivity index (χ4v) is 4.54. The number of hydrogen-bond donors (Lipinski definition) is 1. The Hall–Kier alpha value is -4.46. The Morgan fingerprint density at radius 1 is 1.03 bits per heavy atom. The van der Waals surface area contributed by atoms with E-state index in [4.69, 9.17) is 9.47 Å². The average molecular weight is 529 g/mol. The molecule has 3 aromatic rings. The molecular formula is C31H32N2O6. The van der Waals surface area contributed by atoms with Crippen molar-refractivity contribution in [1.82, 2.24) is 4.98 Å². The molecule has 0 bridgehead atoms. The number of amides is 1. The number of nitrogens with zero attached hydrogens (tertiary/aromatic N) is 2. The van der Waals surface area contributed by atoms with Gasteiger partial charge in [-0.05, 0) is 79.4 Å². The van der Waals surface area contributed by atoms with E-state index < -0.39 is 23.7 Å². The summed E-state index contributed by atoms with van der Waals surface area (Å²) in [6.45, 7) is 8.62. The van der Waals surface area contributed by atoms with Gasteiger partial charge in [0.25, 0.3) is 11.7 Å². The third kappa shape index (κ3) is 5.55. The van der Waals surface area contributed by atoms with Gasteiger partial charge in [0.15, 0.2) is 0 Å². The predicted molar refractivity (Wildman–Crippen MR) is 148 cm³/mol. The second-order valence-corrected chi connectivity index (χ2v) is 9.45. The highest BCUT2D eigenvalue weighted by Gasteiger charge is 2.47. The van der Waals surface area contributed by atoms with Gasteiger partial charge < -0.3 is 14.6 Å². The van der Waals surface area contributed by atoms with Gasteiger partial charge in [-0.25, -0.2) is 4.79 Å². The number of benzene rings is 2. The van der Waals surface area contributed by atoms with E-state index in [1.165, 1.54) is 4.90 Å². The molecule has 1 aromatic heterocycles. The summed E-state index contributed by atoms with van der Waals surface area (Å²) in [5.41, 5.74) is 2.33. The molecule has 2 aromatic carbocycles. The number of ketones is 1. The molecule has 0 saturated carbocycles. The van der Waals surface area contributed by atoms with E-state index in [2.05, 4.69) is 4.98 Å². The number of Topliss-reactive ketones (excluding diaryl/α,β-unsaturated/α-hetero) is 1. The molecule has 1 aliphatic heterocycles. The first-order chi connectivity index (χ1) is 18.8. The molecule has 1 saturated heterocycles. The van der Waals surface area contributed by atoms with E-state index in [1.807, 2.05) is 27.7 Å². The molecule has 2 heterocycles. The molecule has 4 rings (SSSR count). The Balaban J connectivity index is 1.82. The molecule has 0 spiro atoms. The van der Waals surface area contributed by atoms with E-state index in [-0.39, 0.29) is 17.3 Å². The van der Waals surface area contributed by atoms with Gasteiger partial charge in [0, 0.05) is 17.4 Å². The van der Waals surface area contributed by atoms with Crippen molar-refractivity contribution in [2.75, 3.05) is 18.1 Å². The largest absolute Gasteiger partial charge is 0.507 e. The summed E-state index contributed by atoms with van der Waals surface area (Å²) in [4.78, 5) is 44.8. The van der Waals surface area contributed by atoms with Crippen molar-refractivity contribution in [2.24, 2.45) is 0 Å². The van der Waals surface area contributed by atoms with Crippen LogP contribution < -0.4 is 9.64 Å². The molecule has 8 heteroatoms. The van der Waals surface area contributed by atoms with Crippen molar-refractivity contribution in [2.45, 2.75) is 46.1 Å². The minimum atomic E-state index is -0.974. The van der Waals surface area contributed by atoms with Gasteiger partial charge in [0.2, 0.25) is 0 Å². The molecule has 202 valence electrons. The molecular weight excluding hydrogens is 496 g/mol. The molecule has 1 N–H and O–H groups in total. The first-order valence-corrected chi connectivity index (χ1v) is 13.0. The smallest absolute Gasteiger partial charge is 0.338 e. The lowest BCUT2D eigenvalue weighted by atomic mass is 9.94. The number of anilines is 1. The molecule has 1 unspecified atom stereocenters. The van der Waals surface area contributed by atoms with Crippen LogP contribution in [0.4, 0.5) is 5.69 Å². The molecule has 1 aliphatic rings. The number of carbonyl (C=O) groups is 3. The van der Waals surface area contributed by atoms with Crippen molar-refractivity contribution in [3.8, 4) is 5.75 Å². The van der Waals surface area contributed by atoms with Gasteiger partial charge in [-0.15, -0.1) is 0 Å². The number of pyridine rings is 1. The van der Waals surface area contributed by atoms with Crippen LogP contribution in [0, 0.1) is 0 Å². The number of aliphatic hydroxyl groups is 1. The van der Waals surface area contributed by atoms with Crippen molar-refractivity contribution >= 4 is 29.1 Å². The van der Waals surface area contributed by atoms with Crippen LogP contribution in [0.3, 0.4) is 0 Å². The second-order valence-electron chi connectivity index (χ2n) is 9.45. The topological polar surface area (TPSA) is 106 Å². The van der Waals surface area contributed by atoms with Crippen molar-refractivity contribution in [1.29, 1.82) is 0 Å². The predicted octanol–water partition coefficient (Wildman–Crippen LogP) is 5.80. The van der Waals surface area contributed by atoms with Crippen LogP contribution in [0.15, 0.2) is 72.4 Å². The maximum atomic E-state index is 13.4. The third-order valence-electron chi connectivity index (χ3n) is 6.44. The normalized spacial score (nSPS) is 16.5. The number of ether oxygens (including phenoxy) is 2. The van der Waals surface area contributed by atoms with Gasteiger partial charge in [-0.1, -0.05) is 26.8 Å². The highest BCUT2D eigenvalue weighted by atomic mass is 16.5. The number of carbonyl (C=O) groups excluding carboxylic acids is 3. The lowest BCUT2D eigenvalue weighted by Gasteiger charge is -2.25. The van der Waals surface area contributed by atoms with Crippen molar-refractivity contribution in [3.05, 3.63) is 94.8 Å². The number of esters is 1. The number of aliphatic hydroxyl groups excluding tert-OH is 1. The van der Waals surface area contributed by atoms with Gasteiger partial charge in [-0.3, -0.25) is 19.5 Å². The Bertz CT molecular complexity index is 1400. The van der Waals surface area contributed by atoms with Crippen LogP contribution in [0.5, 0.6) is 5.75 Å². The van der Waals surface area contributed by atoms with E-state index in [0.717, 1.165) is 5.56 Å². The summed E-state index contributed by atoms with van der Waals surface area (Å²) in [5.74, 6) is -1.60. The van der Waals surface area contributed by atoms with E-state index in [9.17, 15) is 19.5 Å². The molecule has 8 nitrogen and oxygen atoms in total. The summed E-state index contributed by atoms with van der Waals surface area (Å²) in [6, 6.07) is 15.7. The molecule has 0 aliphatic carbocycles. The monoisotopic (exact) mass is 528 g/mol. The van der Waals surface area contributed by atoms with E-state index in [0.29, 0.717) is 47.9 Å². The lowest BCUT2D eigenvalue weighted by molar-refractivity contribution is -0.132. The molecule has 1 amide bonds. The Kier molecular flexibility index (Phi) is 8.44. The summed E-state index contributed by atoms with van der Waals surface area (Å²) in [6.07, 6.45) is 2.27. The van der Waals surface area contributed by atoms with Gasteiger partial charge >= 0.3 is 5.97 Å². The Morgan fingerprint density at radius 3 is 2.36 bits per heavy atom. The Labute approximate surface area is 227 Å². The first-order valence-electron chi connectivity index (χ1n) is 13.0. The maximum absolute atomic E-state index is 13.4. The van der Waals surface area contributed by atoms with Crippen LogP contribution in [-0.4, -0.2) is 41.0 Å². The van der Waals surface area contributed by atoms with Gasteiger partial charge in [0.1, 0.15) is 17.6 Å². The van der Waals surface area contributed by atoms with E-state index >= 15 is 0 Å². The zero-order valence-corrected chi connectivity index (χ0v) is 22.5. The minimum absolute atomic E-state index is 0.0657. The van der Waals surface area contributed by atoms with Gasteiger partial charge in [-0.2, -0.15) is 0 Å². The molecule has 1 atom stereocenters. The molecule has 1 fully saturated rings. The highest BCUT2D eigenvalue weighted by Crippen LogP contribution is 2.42. The van der Waals surface area contributed by atoms with Crippen LogP contribution in [0.25, 0.3) is 5.76 Å². The van der Waals surface area contributed by atoms with E-state index in [1.54, 1.807) is 66.9 Å². The minimum Gasteiger partial charge on any atom is -0.507 e. The number of hydrogen-bond acceptors (Lipinski definition) is 7. The lowest BCUT2D eigenvalue weighted by Crippen LogP contribution is -2.29. The first kappa shape index (κ1) is 27.6. The molecule has 39 heavy (non-hydrogen) atoms. The van der Waals surface area contributed by atoms with Crippen LogP contribution in [-0.2, 0) is 14.3 Å². The summed E-state index contributed by atoms with van der Waals surface area (Å²) >= 11 is 0. The SMILES string of the molecule is CCCOC(=O)c1ccc(N2C(=O)C(=O)/C(=C(\O)c3ccc(OCC)c(C(C)C)c3)C2c2ccccn2)cc1. The fraction of sp³-hybridized carbons (Fsp3) is 0.290. The summed E-state index contributed by atoms with van der Waals surface area (Å²) in [7, 11) is 0. The second kappa shape index (κ2) is 11.9. The Morgan fingerprint density at radius 2 is 1.74 bits per heavy atom. The maximum Gasteiger partial charge on any atom is 0.338 e. The fourth-order valence-electron chi connectivity index (χ4n) is 4.54. The zero-order chi connectivity index (χ0) is 28.1. The highest BCUT2D eigenvalue weighted by molar-refractivity contribution is 6.51. The van der Waals surface area contributed by atoms with Gasteiger partial charge in [0.05, 0.1) is 30.0 Å². The summed E-state index contributed by atoms with van der Waals surface area (Å²) < 4.78 is 10.9. The zero-order valence-electron chi connectivity index (χ0n) is 22.5. The van der Waals surface area contributed by atoms with Crippen molar-refractivity contribution < 1.29 is 29.0 Å². The number of rotatable bonds is 9. The summed E-state index contributed by atoms with van der Waals surface area (Å²) in [5, 5.41) is 11.5. The molecule has 0 radical (unpaired) electrons. The standard InChI is InChI=1S/C31H32N2O6/c1-5-17-39-31(37)20-10-13-22(14-11-20)33-27(24-9-7-8-16-32-24)26(29(35)30(33)36)28(34)21-12-15-25(38-6-2)23(18-21)19(3)4/h7-16,18-19,27,34H,5-6,17H2,1-4H3/b28-26-. The average Bonchev–Trinajstić information content (AvgIpc) is 3.22. The van der Waals surface area contributed by atoms with Crippen molar-refractivity contribution in [3.63, 3.8) is 0 Å². The van der Waals surface area contributed by atoms with Crippen LogP contribution in [0.1, 0.15) is 73.3 Å². The third-order valence-corrected chi connectivity index (χ3v) is 6.44. The van der Waals surface area contributed by atoms with Crippen LogP contribution >= 0.6 is 0 Å².